The van der Waals surface area contributed by atoms with E-state index >= 15 is 0 Å². The second kappa shape index (κ2) is 5.58. The molecule has 0 fully saturated rings. The smallest absolute Gasteiger partial charge is 0.0745 e. The number of hydrogen-bond acceptors (Lipinski definition) is 2. The Morgan fingerprint density at radius 3 is 2.70 bits per heavy atom. The van der Waals surface area contributed by atoms with Crippen LogP contribution in [0.2, 0.25) is 5.02 Å². The molecule has 102 valence electrons. The van der Waals surface area contributed by atoms with Crippen LogP contribution in [0.25, 0.3) is 10.9 Å². The maximum absolute atomic E-state index is 6.34. The first-order valence-corrected chi connectivity index (χ1v) is 7.35. The number of aromatic nitrogens is 1. The van der Waals surface area contributed by atoms with Crippen molar-refractivity contribution in [2.45, 2.75) is 6.04 Å². The molecule has 0 amide bonds. The summed E-state index contributed by atoms with van der Waals surface area (Å²) in [5, 5.41) is 1.81. The van der Waals surface area contributed by atoms with Crippen LogP contribution in [0.15, 0.2) is 53.1 Å². The van der Waals surface area contributed by atoms with E-state index in [0.29, 0.717) is 5.02 Å². The molecule has 3 nitrogen and oxygen atoms in total. The Balaban J connectivity index is 2.14. The third-order valence-electron chi connectivity index (χ3n) is 3.37. The second-order valence-electron chi connectivity index (χ2n) is 4.56. The molecule has 0 radical (unpaired) electrons. The summed E-state index contributed by atoms with van der Waals surface area (Å²) in [7, 11) is 0. The van der Waals surface area contributed by atoms with E-state index in [1.165, 1.54) is 0 Å². The Morgan fingerprint density at radius 1 is 1.15 bits per heavy atom. The maximum Gasteiger partial charge on any atom is 0.0745 e. The largest absolute Gasteiger partial charge is 0.361 e. The molecule has 0 saturated heterocycles. The van der Waals surface area contributed by atoms with E-state index in [1.54, 1.807) is 0 Å². The lowest BCUT2D eigenvalue weighted by atomic mass is 9.99. The molecule has 1 atom stereocenters. The minimum Gasteiger partial charge on any atom is -0.361 e. The average Bonchev–Trinajstić information content (AvgIpc) is 2.86. The van der Waals surface area contributed by atoms with Crippen LogP contribution in [0.3, 0.4) is 0 Å². The molecule has 5 heteroatoms. The topological polar surface area (TPSA) is 53.8 Å². The molecular weight excluding hydrogens is 338 g/mol. The molecule has 0 bridgehead atoms. The zero-order valence-corrected chi connectivity index (χ0v) is 12.9. The molecule has 0 spiro atoms. The lowest BCUT2D eigenvalue weighted by Gasteiger charge is -2.17. The van der Waals surface area contributed by atoms with Gasteiger partial charge < -0.3 is 4.98 Å². The van der Waals surface area contributed by atoms with E-state index in [2.05, 4.69) is 32.4 Å². The quantitative estimate of drug-likeness (QED) is 0.491. The molecule has 1 unspecified atom stereocenters. The first-order valence-electron chi connectivity index (χ1n) is 6.18. The van der Waals surface area contributed by atoms with Crippen LogP contribution in [0.5, 0.6) is 0 Å². The van der Waals surface area contributed by atoms with E-state index in [-0.39, 0.29) is 6.04 Å². The molecule has 0 aliphatic carbocycles. The van der Waals surface area contributed by atoms with E-state index in [0.717, 1.165) is 26.5 Å². The molecule has 0 aliphatic rings. The summed E-state index contributed by atoms with van der Waals surface area (Å²) in [6.07, 6.45) is 1.97. The number of nitrogens with two attached hydrogens (primary N) is 1. The zero-order valence-electron chi connectivity index (χ0n) is 10.5. The van der Waals surface area contributed by atoms with Gasteiger partial charge in [0, 0.05) is 32.2 Å². The monoisotopic (exact) mass is 349 g/mol. The fourth-order valence-electron chi connectivity index (χ4n) is 2.42. The molecule has 3 aromatic rings. The highest BCUT2D eigenvalue weighted by molar-refractivity contribution is 9.10. The number of benzene rings is 2. The number of hydrogen-bond donors (Lipinski definition) is 3. The van der Waals surface area contributed by atoms with Crippen molar-refractivity contribution in [2.75, 3.05) is 0 Å². The van der Waals surface area contributed by atoms with Crippen molar-refractivity contribution >= 4 is 38.4 Å². The van der Waals surface area contributed by atoms with Gasteiger partial charge >= 0.3 is 0 Å². The van der Waals surface area contributed by atoms with Gasteiger partial charge in [-0.1, -0.05) is 51.8 Å². The van der Waals surface area contributed by atoms with Crippen LogP contribution >= 0.6 is 27.5 Å². The molecule has 1 aromatic heterocycles. The summed E-state index contributed by atoms with van der Waals surface area (Å²) in [5.74, 6) is 5.76. The molecular formula is C15H13BrClN3. The fraction of sp³-hybridized carbons (Fsp3) is 0.0667. The molecule has 3 rings (SSSR count). The SMILES string of the molecule is NNC(c1ccc(Br)cc1Cl)c1c[nH]c2ccccc12. The zero-order chi connectivity index (χ0) is 14.1. The Hall–Kier alpha value is -1.33. The highest BCUT2D eigenvalue weighted by atomic mass is 79.9. The van der Waals surface area contributed by atoms with Crippen LogP contribution in [0.1, 0.15) is 17.2 Å². The predicted octanol–water partition coefficient (Wildman–Crippen LogP) is 4.14. The Morgan fingerprint density at radius 2 is 1.95 bits per heavy atom. The summed E-state index contributed by atoms with van der Waals surface area (Å²) in [5.41, 5.74) is 5.96. The van der Waals surface area contributed by atoms with Crippen molar-refractivity contribution in [3.05, 3.63) is 69.3 Å². The van der Waals surface area contributed by atoms with Gasteiger partial charge in [0.25, 0.3) is 0 Å². The van der Waals surface area contributed by atoms with Crippen LogP contribution in [0, 0.1) is 0 Å². The Labute approximate surface area is 130 Å². The number of fused-ring (bicyclic) bond motifs is 1. The average molecular weight is 351 g/mol. The van der Waals surface area contributed by atoms with Crippen molar-refractivity contribution in [1.82, 2.24) is 10.4 Å². The molecule has 1 heterocycles. The normalized spacial score (nSPS) is 12.8. The van der Waals surface area contributed by atoms with Crippen LogP contribution in [0.4, 0.5) is 0 Å². The van der Waals surface area contributed by atoms with E-state index < -0.39 is 0 Å². The lowest BCUT2D eigenvalue weighted by Crippen LogP contribution is -2.28. The van der Waals surface area contributed by atoms with Gasteiger partial charge in [-0.25, -0.2) is 5.43 Å². The summed E-state index contributed by atoms with van der Waals surface area (Å²) in [4.78, 5) is 3.26. The number of nitrogens with one attached hydrogen (secondary N) is 2. The number of para-hydroxylation sites is 1. The van der Waals surface area contributed by atoms with Crippen molar-refractivity contribution in [3.8, 4) is 0 Å². The van der Waals surface area contributed by atoms with Crippen molar-refractivity contribution < 1.29 is 0 Å². The molecule has 4 N–H and O–H groups in total. The van der Waals surface area contributed by atoms with E-state index in [9.17, 15) is 0 Å². The van der Waals surface area contributed by atoms with E-state index in [1.807, 2.05) is 42.6 Å². The second-order valence-corrected chi connectivity index (χ2v) is 5.88. The summed E-state index contributed by atoms with van der Waals surface area (Å²) >= 11 is 9.75. The first kappa shape index (κ1) is 13.6. The third kappa shape index (κ3) is 2.36. The predicted molar refractivity (Wildman–Crippen MR) is 86.6 cm³/mol. The molecule has 20 heavy (non-hydrogen) atoms. The number of aromatic amines is 1. The minimum atomic E-state index is -0.160. The number of H-pyrrole nitrogens is 1. The molecule has 2 aromatic carbocycles. The third-order valence-corrected chi connectivity index (χ3v) is 4.19. The first-order chi connectivity index (χ1) is 9.70. The minimum absolute atomic E-state index is 0.160. The van der Waals surface area contributed by atoms with Crippen molar-refractivity contribution in [3.63, 3.8) is 0 Å². The summed E-state index contributed by atoms with van der Waals surface area (Å²) in [6, 6.07) is 13.8. The Bertz CT molecular complexity index is 754. The van der Waals surface area contributed by atoms with Crippen molar-refractivity contribution in [1.29, 1.82) is 0 Å². The maximum atomic E-state index is 6.34. The summed E-state index contributed by atoms with van der Waals surface area (Å²) < 4.78 is 0.945. The lowest BCUT2D eigenvalue weighted by molar-refractivity contribution is 0.641. The molecule has 0 saturated carbocycles. The fourth-order valence-corrected chi connectivity index (χ4v) is 3.20. The van der Waals surface area contributed by atoms with Gasteiger partial charge in [0.05, 0.1) is 6.04 Å². The van der Waals surface area contributed by atoms with E-state index in [4.69, 9.17) is 17.4 Å². The number of hydrazine groups is 1. The van der Waals surface area contributed by atoms with Gasteiger partial charge in [-0.3, -0.25) is 5.84 Å². The van der Waals surface area contributed by atoms with Gasteiger partial charge in [-0.2, -0.15) is 0 Å². The van der Waals surface area contributed by atoms with Gasteiger partial charge in [0.1, 0.15) is 0 Å². The molecule has 0 aliphatic heterocycles. The van der Waals surface area contributed by atoms with Gasteiger partial charge in [-0.05, 0) is 23.8 Å². The van der Waals surface area contributed by atoms with Gasteiger partial charge in [0.15, 0.2) is 0 Å². The number of halogens is 2. The van der Waals surface area contributed by atoms with Gasteiger partial charge in [0.2, 0.25) is 0 Å². The highest BCUT2D eigenvalue weighted by Crippen LogP contribution is 2.33. The van der Waals surface area contributed by atoms with Crippen LogP contribution in [-0.2, 0) is 0 Å². The van der Waals surface area contributed by atoms with Gasteiger partial charge in [-0.15, -0.1) is 0 Å². The highest BCUT2D eigenvalue weighted by Gasteiger charge is 2.19. The van der Waals surface area contributed by atoms with Crippen molar-refractivity contribution in [2.24, 2.45) is 5.84 Å². The summed E-state index contributed by atoms with van der Waals surface area (Å²) in [6.45, 7) is 0. The van der Waals surface area contributed by atoms with Crippen LogP contribution < -0.4 is 11.3 Å². The van der Waals surface area contributed by atoms with Crippen LogP contribution in [-0.4, -0.2) is 4.98 Å². The Kier molecular flexibility index (Phi) is 3.81. The number of rotatable bonds is 3. The standard InChI is InChI=1S/C15H13BrClN3/c16-9-5-6-11(13(17)7-9)15(20-18)12-8-19-14-4-2-1-3-10(12)14/h1-8,15,19-20H,18H2.